The lowest BCUT2D eigenvalue weighted by Crippen LogP contribution is -2.29. The number of aromatic nitrogens is 1. The molecule has 16 heavy (non-hydrogen) atoms. The summed E-state index contributed by atoms with van der Waals surface area (Å²) < 4.78 is 0. The predicted molar refractivity (Wildman–Crippen MR) is 62.7 cm³/mol. The molecule has 2 rings (SSSR count). The van der Waals surface area contributed by atoms with Crippen LogP contribution >= 0.6 is 11.3 Å². The topological polar surface area (TPSA) is 53.4 Å². The molecular weight excluding hydrogens is 224 g/mol. The van der Waals surface area contributed by atoms with Crippen LogP contribution in [0.2, 0.25) is 0 Å². The fraction of sp³-hybridized carbons (Fsp3) is 0.636. The van der Waals surface area contributed by atoms with Crippen molar-refractivity contribution in [2.75, 3.05) is 13.6 Å². The third kappa shape index (κ3) is 2.59. The zero-order chi connectivity index (χ0) is 11.5. The van der Waals surface area contributed by atoms with Gasteiger partial charge in [0.25, 0.3) is 0 Å². The number of rotatable bonds is 3. The smallest absolute Gasteiger partial charge is 0.309 e. The van der Waals surface area contributed by atoms with Crippen molar-refractivity contribution in [3.05, 3.63) is 16.1 Å². The number of hydrogen-bond acceptors (Lipinski definition) is 4. The van der Waals surface area contributed by atoms with E-state index in [0.29, 0.717) is 11.7 Å². The van der Waals surface area contributed by atoms with Crippen molar-refractivity contribution in [2.45, 2.75) is 31.7 Å². The number of thiazole rings is 1. The highest BCUT2D eigenvalue weighted by Gasteiger charge is 2.23. The molecule has 88 valence electrons. The normalized spacial score (nSPS) is 22.2. The van der Waals surface area contributed by atoms with Gasteiger partial charge in [0.1, 0.15) is 5.01 Å². The van der Waals surface area contributed by atoms with E-state index >= 15 is 0 Å². The maximum absolute atomic E-state index is 10.6. The van der Waals surface area contributed by atoms with Crippen LogP contribution in [0.15, 0.2) is 5.38 Å². The molecule has 1 saturated heterocycles. The van der Waals surface area contributed by atoms with Crippen LogP contribution in [0.25, 0.3) is 0 Å². The van der Waals surface area contributed by atoms with Gasteiger partial charge in [-0.1, -0.05) is 6.42 Å². The van der Waals surface area contributed by atoms with Crippen LogP contribution in [0.3, 0.4) is 0 Å². The van der Waals surface area contributed by atoms with Crippen LogP contribution in [0.5, 0.6) is 0 Å². The van der Waals surface area contributed by atoms with E-state index in [1.54, 1.807) is 11.3 Å². The van der Waals surface area contributed by atoms with Crippen molar-refractivity contribution in [1.82, 2.24) is 9.88 Å². The monoisotopic (exact) mass is 240 g/mol. The molecule has 1 aliphatic heterocycles. The molecule has 0 radical (unpaired) electrons. The van der Waals surface area contributed by atoms with Crippen LogP contribution in [0, 0.1) is 0 Å². The largest absolute Gasteiger partial charge is 0.481 e. The summed E-state index contributed by atoms with van der Waals surface area (Å²) in [7, 11) is 2.11. The zero-order valence-corrected chi connectivity index (χ0v) is 10.2. The highest BCUT2D eigenvalue weighted by Crippen LogP contribution is 2.31. The number of piperidine rings is 1. The first-order chi connectivity index (χ1) is 7.66. The molecule has 1 fully saturated rings. The molecule has 1 aliphatic rings. The van der Waals surface area contributed by atoms with E-state index in [1.165, 1.54) is 12.8 Å². The summed E-state index contributed by atoms with van der Waals surface area (Å²) >= 11 is 1.59. The van der Waals surface area contributed by atoms with E-state index < -0.39 is 5.97 Å². The van der Waals surface area contributed by atoms with Gasteiger partial charge in [-0.05, 0) is 26.4 Å². The van der Waals surface area contributed by atoms with Gasteiger partial charge in [0, 0.05) is 5.38 Å². The van der Waals surface area contributed by atoms with Gasteiger partial charge in [-0.15, -0.1) is 11.3 Å². The lowest BCUT2D eigenvalue weighted by molar-refractivity contribution is -0.136. The number of carbonyl (C=O) groups is 1. The van der Waals surface area contributed by atoms with Crippen molar-refractivity contribution in [1.29, 1.82) is 0 Å². The summed E-state index contributed by atoms with van der Waals surface area (Å²) in [5, 5.41) is 11.6. The minimum atomic E-state index is -0.811. The molecule has 1 atom stereocenters. The third-order valence-corrected chi connectivity index (χ3v) is 3.95. The van der Waals surface area contributed by atoms with Crippen molar-refractivity contribution in [3.8, 4) is 0 Å². The van der Waals surface area contributed by atoms with E-state index in [0.717, 1.165) is 18.0 Å². The fourth-order valence-corrected chi connectivity index (χ4v) is 3.12. The average Bonchev–Trinajstić information content (AvgIpc) is 2.66. The second kappa shape index (κ2) is 4.93. The summed E-state index contributed by atoms with van der Waals surface area (Å²) in [5.41, 5.74) is 0.687. The van der Waals surface area contributed by atoms with E-state index in [4.69, 9.17) is 5.11 Å². The molecule has 4 nitrogen and oxygen atoms in total. The van der Waals surface area contributed by atoms with Crippen LogP contribution in [0.4, 0.5) is 0 Å². The third-order valence-electron chi connectivity index (χ3n) is 2.96. The lowest BCUT2D eigenvalue weighted by Gasteiger charge is -2.30. The molecule has 1 N–H and O–H groups in total. The van der Waals surface area contributed by atoms with Gasteiger partial charge in [0.05, 0.1) is 18.2 Å². The summed E-state index contributed by atoms with van der Waals surface area (Å²) in [4.78, 5) is 17.3. The minimum absolute atomic E-state index is 0.0347. The molecule has 0 amide bonds. The molecule has 0 aromatic carbocycles. The van der Waals surface area contributed by atoms with Crippen molar-refractivity contribution in [3.63, 3.8) is 0 Å². The molecular formula is C11H16N2O2S. The van der Waals surface area contributed by atoms with Gasteiger partial charge in [0.2, 0.25) is 0 Å². The van der Waals surface area contributed by atoms with E-state index in [1.807, 2.05) is 5.38 Å². The first-order valence-electron chi connectivity index (χ1n) is 5.53. The SMILES string of the molecule is CN1CCCCC1c1nc(CC(=O)O)cs1. The Morgan fingerprint density at radius 2 is 2.50 bits per heavy atom. The van der Waals surface area contributed by atoms with Crippen molar-refractivity contribution < 1.29 is 9.90 Å². The number of hydrogen-bond donors (Lipinski definition) is 1. The Kier molecular flexibility index (Phi) is 3.56. The summed E-state index contributed by atoms with van der Waals surface area (Å²) in [6.45, 7) is 1.11. The summed E-state index contributed by atoms with van der Waals surface area (Å²) in [6, 6.07) is 0.390. The molecule has 0 aliphatic carbocycles. The summed E-state index contributed by atoms with van der Waals surface area (Å²) in [5.74, 6) is -0.811. The minimum Gasteiger partial charge on any atom is -0.481 e. The number of carboxylic acid groups (broad SMARTS) is 1. The van der Waals surface area contributed by atoms with E-state index in [2.05, 4.69) is 16.9 Å². The predicted octanol–water partition coefficient (Wildman–Crippen LogP) is 1.93. The Morgan fingerprint density at radius 3 is 3.19 bits per heavy atom. The van der Waals surface area contributed by atoms with Gasteiger partial charge in [-0.3, -0.25) is 9.69 Å². The van der Waals surface area contributed by atoms with Gasteiger partial charge in [-0.2, -0.15) is 0 Å². The molecule has 0 bridgehead atoms. The van der Waals surface area contributed by atoms with Crippen LogP contribution in [-0.4, -0.2) is 34.6 Å². The second-order valence-corrected chi connectivity index (χ2v) is 5.13. The number of aliphatic carboxylic acids is 1. The Balaban J connectivity index is 2.08. The number of likely N-dealkylation sites (tertiary alicyclic amines) is 1. The maximum atomic E-state index is 10.6. The molecule has 1 aromatic heterocycles. The molecule has 1 unspecified atom stereocenters. The first-order valence-corrected chi connectivity index (χ1v) is 6.41. The molecule has 0 saturated carbocycles. The molecule has 0 spiro atoms. The van der Waals surface area contributed by atoms with E-state index in [9.17, 15) is 4.79 Å². The highest BCUT2D eigenvalue weighted by atomic mass is 32.1. The van der Waals surface area contributed by atoms with Gasteiger partial charge < -0.3 is 5.11 Å². The lowest BCUT2D eigenvalue weighted by atomic mass is 10.0. The quantitative estimate of drug-likeness (QED) is 0.877. The first kappa shape index (κ1) is 11.5. The van der Waals surface area contributed by atoms with Crippen molar-refractivity contribution in [2.24, 2.45) is 0 Å². The average molecular weight is 240 g/mol. The standard InChI is InChI=1S/C11H16N2O2S/c1-13-5-3-2-4-9(13)11-12-8(7-16-11)6-10(14)15/h7,9H,2-6H2,1H3,(H,14,15). The Hall–Kier alpha value is -0.940. The Labute approximate surface area is 98.9 Å². The fourth-order valence-electron chi connectivity index (χ4n) is 2.10. The van der Waals surface area contributed by atoms with E-state index in [-0.39, 0.29) is 6.42 Å². The van der Waals surface area contributed by atoms with Crippen LogP contribution < -0.4 is 0 Å². The Morgan fingerprint density at radius 1 is 1.69 bits per heavy atom. The second-order valence-electron chi connectivity index (χ2n) is 4.24. The van der Waals surface area contributed by atoms with Gasteiger partial charge in [0.15, 0.2) is 0 Å². The molecule has 2 heterocycles. The molecule has 5 heteroatoms. The zero-order valence-electron chi connectivity index (χ0n) is 9.35. The van der Waals surface area contributed by atoms with Crippen molar-refractivity contribution >= 4 is 17.3 Å². The number of carboxylic acids is 1. The maximum Gasteiger partial charge on any atom is 0.309 e. The summed E-state index contributed by atoms with van der Waals surface area (Å²) in [6.07, 6.45) is 3.66. The Bertz CT molecular complexity index is 378. The highest BCUT2D eigenvalue weighted by molar-refractivity contribution is 7.09. The number of nitrogens with zero attached hydrogens (tertiary/aromatic N) is 2. The van der Waals surface area contributed by atoms with Gasteiger partial charge in [-0.25, -0.2) is 4.98 Å². The molecule has 1 aromatic rings. The van der Waals surface area contributed by atoms with Crippen LogP contribution in [-0.2, 0) is 11.2 Å². The van der Waals surface area contributed by atoms with Crippen LogP contribution in [0.1, 0.15) is 36.0 Å². The van der Waals surface area contributed by atoms with Gasteiger partial charge >= 0.3 is 5.97 Å².